The molecule has 8 heteroatoms. The van der Waals surface area contributed by atoms with Gasteiger partial charge in [0, 0.05) is 35.2 Å². The van der Waals surface area contributed by atoms with Gasteiger partial charge in [-0.25, -0.2) is 4.98 Å². The molecule has 7 nitrogen and oxygen atoms in total. The monoisotopic (exact) mass is 402 g/mol. The van der Waals surface area contributed by atoms with E-state index in [4.69, 9.17) is 9.47 Å². The van der Waals surface area contributed by atoms with Crippen LogP contribution in [0.4, 0.5) is 5.69 Å². The van der Waals surface area contributed by atoms with Crippen LogP contribution in [0.5, 0.6) is 11.5 Å². The van der Waals surface area contributed by atoms with Crippen LogP contribution in [0.25, 0.3) is 11.0 Å². The summed E-state index contributed by atoms with van der Waals surface area (Å²) in [5.74, 6) is 1.02. The molecular weight excluding hydrogens is 388 g/mol. The molecule has 0 radical (unpaired) electrons. The van der Waals surface area contributed by atoms with Crippen LogP contribution in [0.1, 0.15) is 16.1 Å². The molecule has 3 heterocycles. The number of nitrogens with zero attached hydrogens (tertiary/aromatic N) is 3. The molecule has 0 spiro atoms. The fraction of sp³-hybridized carbons (Fsp3) is 0.235. The molecule has 2 aromatic heterocycles. The molecule has 1 aromatic carbocycles. The summed E-state index contributed by atoms with van der Waals surface area (Å²) in [4.78, 5) is 17.0. The van der Waals surface area contributed by atoms with Gasteiger partial charge in [0.25, 0.3) is 5.91 Å². The highest BCUT2D eigenvalue weighted by Gasteiger charge is 2.17. The van der Waals surface area contributed by atoms with Gasteiger partial charge in [-0.05, 0) is 28.9 Å². The highest BCUT2D eigenvalue weighted by Crippen LogP contribution is 2.38. The van der Waals surface area contributed by atoms with Crippen LogP contribution in [-0.2, 0) is 7.05 Å². The number of anilines is 1. The van der Waals surface area contributed by atoms with E-state index in [1.165, 1.54) is 0 Å². The summed E-state index contributed by atoms with van der Waals surface area (Å²) in [5, 5.41) is 8.06. The number of rotatable bonds is 2. The van der Waals surface area contributed by atoms with Gasteiger partial charge in [0.2, 0.25) is 0 Å². The zero-order valence-corrected chi connectivity index (χ0v) is 15.3. The number of benzene rings is 1. The van der Waals surface area contributed by atoms with Gasteiger partial charge in [-0.15, -0.1) is 0 Å². The van der Waals surface area contributed by atoms with Gasteiger partial charge < -0.3 is 14.8 Å². The molecule has 128 valence electrons. The first kappa shape index (κ1) is 15.9. The Morgan fingerprint density at radius 1 is 1.24 bits per heavy atom. The number of aromatic nitrogens is 3. The Labute approximate surface area is 152 Å². The highest BCUT2D eigenvalue weighted by atomic mass is 79.9. The van der Waals surface area contributed by atoms with Crippen molar-refractivity contribution in [2.24, 2.45) is 7.05 Å². The number of fused-ring (bicyclic) bond motifs is 2. The van der Waals surface area contributed by atoms with E-state index in [1.807, 2.05) is 14.0 Å². The van der Waals surface area contributed by atoms with Crippen molar-refractivity contribution in [2.75, 3.05) is 18.5 Å². The Bertz CT molecular complexity index is 999. The summed E-state index contributed by atoms with van der Waals surface area (Å²) in [5.41, 5.74) is 2.65. The molecule has 0 saturated heterocycles. The number of pyridine rings is 1. The number of hydrogen-bond donors (Lipinski definition) is 1. The molecule has 0 bridgehead atoms. The summed E-state index contributed by atoms with van der Waals surface area (Å²) in [7, 11) is 1.83. The maximum atomic E-state index is 12.6. The minimum Gasteiger partial charge on any atom is -0.486 e. The van der Waals surface area contributed by atoms with Crippen LogP contribution in [0.15, 0.2) is 28.9 Å². The third-order valence-electron chi connectivity index (χ3n) is 4.01. The molecule has 0 aliphatic carbocycles. The minimum absolute atomic E-state index is 0.255. The number of carbonyl (C=O) groups excluding carboxylic acids is 1. The molecule has 1 aliphatic rings. The Morgan fingerprint density at radius 2 is 1.96 bits per heavy atom. The molecule has 25 heavy (non-hydrogen) atoms. The van der Waals surface area contributed by atoms with Crippen LogP contribution >= 0.6 is 15.9 Å². The maximum Gasteiger partial charge on any atom is 0.257 e. The Hall–Kier alpha value is -2.61. The summed E-state index contributed by atoms with van der Waals surface area (Å²) < 4.78 is 13.5. The molecule has 3 aromatic rings. The zero-order valence-electron chi connectivity index (χ0n) is 13.7. The molecule has 0 atom stereocenters. The Kier molecular flexibility index (Phi) is 3.84. The molecule has 1 amide bonds. The number of hydrogen-bond acceptors (Lipinski definition) is 5. The van der Waals surface area contributed by atoms with Crippen molar-refractivity contribution in [1.82, 2.24) is 14.8 Å². The van der Waals surface area contributed by atoms with Crippen molar-refractivity contribution in [3.05, 3.63) is 40.1 Å². The van der Waals surface area contributed by atoms with Gasteiger partial charge in [0.1, 0.15) is 13.2 Å². The van der Waals surface area contributed by atoms with E-state index in [0.717, 1.165) is 21.2 Å². The first-order chi connectivity index (χ1) is 12.0. The second kappa shape index (κ2) is 6.03. The van der Waals surface area contributed by atoms with Crippen molar-refractivity contribution in [1.29, 1.82) is 0 Å². The molecular formula is C17H15BrN4O3. The number of carbonyl (C=O) groups is 1. The standard InChI is InChI=1S/C17H15BrN4O3/c1-9-11-5-10(8-19-16(11)22(2)21-9)17(23)20-13-7-15-14(6-12(13)18)24-3-4-25-15/h5-8H,3-4H2,1-2H3,(H,20,23). The van der Waals surface area contributed by atoms with Crippen LogP contribution in [0.3, 0.4) is 0 Å². The van der Waals surface area contributed by atoms with Gasteiger partial charge in [-0.2, -0.15) is 5.10 Å². The third-order valence-corrected chi connectivity index (χ3v) is 4.66. The van der Waals surface area contributed by atoms with Crippen LogP contribution in [0, 0.1) is 6.92 Å². The van der Waals surface area contributed by atoms with Crippen LogP contribution in [0.2, 0.25) is 0 Å². The van der Waals surface area contributed by atoms with E-state index in [1.54, 1.807) is 29.1 Å². The number of halogens is 1. The Morgan fingerprint density at radius 3 is 2.72 bits per heavy atom. The lowest BCUT2D eigenvalue weighted by molar-refractivity contribution is 0.102. The van der Waals surface area contributed by atoms with Gasteiger partial charge in [0.05, 0.1) is 16.9 Å². The van der Waals surface area contributed by atoms with E-state index in [9.17, 15) is 4.79 Å². The minimum atomic E-state index is -0.255. The van der Waals surface area contributed by atoms with Crippen molar-refractivity contribution >= 4 is 38.6 Å². The van der Waals surface area contributed by atoms with Crippen molar-refractivity contribution in [3.63, 3.8) is 0 Å². The normalized spacial score (nSPS) is 13.1. The number of aryl methyl sites for hydroxylation is 2. The average Bonchev–Trinajstić information content (AvgIpc) is 2.89. The topological polar surface area (TPSA) is 78.3 Å². The summed E-state index contributed by atoms with van der Waals surface area (Å²) >= 11 is 3.45. The summed E-state index contributed by atoms with van der Waals surface area (Å²) in [6, 6.07) is 5.33. The van der Waals surface area contributed by atoms with Gasteiger partial charge in [0.15, 0.2) is 17.1 Å². The molecule has 1 aliphatic heterocycles. The number of amides is 1. The van der Waals surface area contributed by atoms with E-state index in [0.29, 0.717) is 36.0 Å². The van der Waals surface area contributed by atoms with Gasteiger partial charge in [-0.1, -0.05) is 0 Å². The van der Waals surface area contributed by atoms with E-state index < -0.39 is 0 Å². The quantitative estimate of drug-likeness (QED) is 0.712. The molecule has 0 saturated carbocycles. The fourth-order valence-corrected chi connectivity index (χ4v) is 3.21. The lowest BCUT2D eigenvalue weighted by Crippen LogP contribution is -2.17. The third kappa shape index (κ3) is 2.82. The number of ether oxygens (including phenoxy) is 2. The smallest absolute Gasteiger partial charge is 0.257 e. The second-order valence-corrected chi connectivity index (χ2v) is 6.59. The fourth-order valence-electron chi connectivity index (χ4n) is 2.79. The number of nitrogens with one attached hydrogen (secondary N) is 1. The lowest BCUT2D eigenvalue weighted by Gasteiger charge is -2.20. The summed E-state index contributed by atoms with van der Waals surface area (Å²) in [6.07, 6.45) is 1.55. The van der Waals surface area contributed by atoms with Gasteiger partial charge >= 0.3 is 0 Å². The predicted molar refractivity (Wildman–Crippen MR) is 96.3 cm³/mol. The van der Waals surface area contributed by atoms with Crippen molar-refractivity contribution in [3.8, 4) is 11.5 Å². The second-order valence-electron chi connectivity index (χ2n) is 5.73. The van der Waals surface area contributed by atoms with E-state index in [2.05, 4.69) is 31.3 Å². The van der Waals surface area contributed by atoms with Crippen molar-refractivity contribution in [2.45, 2.75) is 6.92 Å². The average molecular weight is 403 g/mol. The molecule has 1 N–H and O–H groups in total. The van der Waals surface area contributed by atoms with Crippen LogP contribution in [-0.4, -0.2) is 33.9 Å². The first-order valence-electron chi connectivity index (χ1n) is 7.73. The predicted octanol–water partition coefficient (Wildman–Crippen LogP) is 3.06. The molecule has 0 unspecified atom stereocenters. The highest BCUT2D eigenvalue weighted by molar-refractivity contribution is 9.10. The maximum absolute atomic E-state index is 12.6. The van der Waals surface area contributed by atoms with Crippen LogP contribution < -0.4 is 14.8 Å². The Balaban J connectivity index is 1.65. The van der Waals surface area contributed by atoms with Gasteiger partial charge in [-0.3, -0.25) is 9.48 Å². The molecule has 4 rings (SSSR count). The SMILES string of the molecule is Cc1nn(C)c2ncc(C(=O)Nc3cc4c(cc3Br)OCCO4)cc12. The largest absolute Gasteiger partial charge is 0.486 e. The lowest BCUT2D eigenvalue weighted by atomic mass is 10.2. The summed E-state index contributed by atoms with van der Waals surface area (Å²) in [6.45, 7) is 2.90. The van der Waals surface area contributed by atoms with Crippen molar-refractivity contribution < 1.29 is 14.3 Å². The van der Waals surface area contributed by atoms with E-state index in [-0.39, 0.29) is 5.91 Å². The van der Waals surface area contributed by atoms with E-state index >= 15 is 0 Å². The zero-order chi connectivity index (χ0) is 17.6. The first-order valence-corrected chi connectivity index (χ1v) is 8.52. The molecule has 0 fully saturated rings.